The van der Waals surface area contributed by atoms with Crippen molar-refractivity contribution in [3.05, 3.63) is 35.9 Å². The molecule has 0 aliphatic carbocycles. The average molecular weight is 249 g/mol. The average Bonchev–Trinajstić information content (AvgIpc) is 2.39. The van der Waals surface area contributed by atoms with Crippen molar-refractivity contribution in [2.24, 2.45) is 5.92 Å². The number of likely N-dealkylation sites (N-methyl/N-ethyl adjacent to an activating group) is 1. The van der Waals surface area contributed by atoms with Gasteiger partial charge in [0.05, 0.1) is 12.1 Å². The molecule has 2 atom stereocenters. The van der Waals surface area contributed by atoms with E-state index in [4.69, 9.17) is 4.74 Å². The second-order valence-corrected chi connectivity index (χ2v) is 5.11. The third-order valence-corrected chi connectivity index (χ3v) is 3.26. The fourth-order valence-electron chi connectivity index (χ4n) is 2.22. The minimum atomic E-state index is 0.226. The Balaban J connectivity index is 2.74. The molecule has 0 aliphatic rings. The lowest BCUT2D eigenvalue weighted by Crippen LogP contribution is -2.35. The zero-order valence-corrected chi connectivity index (χ0v) is 12.1. The standard InChI is InChI=1S/C16H27NO/c1-5-6-12-18-16(13(2)3)15(17-4)14-10-8-7-9-11-14/h7-11,13,15-17H,5-6,12H2,1-4H3. The van der Waals surface area contributed by atoms with E-state index in [1.807, 2.05) is 7.05 Å². The highest BCUT2D eigenvalue weighted by atomic mass is 16.5. The minimum absolute atomic E-state index is 0.226. The molecular formula is C16H27NO. The quantitative estimate of drug-likeness (QED) is 0.708. The summed E-state index contributed by atoms with van der Waals surface area (Å²) in [6, 6.07) is 10.8. The van der Waals surface area contributed by atoms with E-state index in [0.29, 0.717) is 5.92 Å². The van der Waals surface area contributed by atoms with Gasteiger partial charge < -0.3 is 10.1 Å². The van der Waals surface area contributed by atoms with Crippen LogP contribution in [-0.2, 0) is 4.74 Å². The van der Waals surface area contributed by atoms with Crippen molar-refractivity contribution in [3.8, 4) is 0 Å². The molecular weight excluding hydrogens is 222 g/mol. The van der Waals surface area contributed by atoms with Crippen molar-refractivity contribution in [1.82, 2.24) is 5.32 Å². The van der Waals surface area contributed by atoms with Gasteiger partial charge in [-0.25, -0.2) is 0 Å². The summed E-state index contributed by atoms with van der Waals surface area (Å²) >= 11 is 0. The highest BCUT2D eigenvalue weighted by Crippen LogP contribution is 2.24. The van der Waals surface area contributed by atoms with E-state index in [-0.39, 0.29) is 12.1 Å². The minimum Gasteiger partial charge on any atom is -0.376 e. The van der Waals surface area contributed by atoms with Crippen LogP contribution in [0.3, 0.4) is 0 Å². The van der Waals surface area contributed by atoms with Crippen LogP contribution in [0.2, 0.25) is 0 Å². The van der Waals surface area contributed by atoms with Crippen LogP contribution in [0.1, 0.15) is 45.2 Å². The van der Waals surface area contributed by atoms with E-state index in [1.165, 1.54) is 12.0 Å². The summed E-state index contributed by atoms with van der Waals surface area (Å²) in [6.07, 6.45) is 2.54. The predicted molar refractivity (Wildman–Crippen MR) is 77.7 cm³/mol. The lowest BCUT2D eigenvalue weighted by Gasteiger charge is -2.30. The summed E-state index contributed by atoms with van der Waals surface area (Å²) in [5.41, 5.74) is 1.30. The molecule has 0 saturated heterocycles. The molecule has 2 unspecified atom stereocenters. The Hall–Kier alpha value is -0.860. The lowest BCUT2D eigenvalue weighted by molar-refractivity contribution is -0.00384. The molecule has 0 aromatic heterocycles. The molecule has 18 heavy (non-hydrogen) atoms. The van der Waals surface area contributed by atoms with Gasteiger partial charge in [0.15, 0.2) is 0 Å². The summed E-state index contributed by atoms with van der Waals surface area (Å²) in [4.78, 5) is 0. The largest absolute Gasteiger partial charge is 0.376 e. The first-order valence-electron chi connectivity index (χ1n) is 7.04. The molecule has 102 valence electrons. The molecule has 0 bridgehead atoms. The fourth-order valence-corrected chi connectivity index (χ4v) is 2.22. The van der Waals surface area contributed by atoms with Gasteiger partial charge in [-0.2, -0.15) is 0 Å². The molecule has 1 N–H and O–H groups in total. The monoisotopic (exact) mass is 249 g/mol. The maximum Gasteiger partial charge on any atom is 0.0792 e. The highest BCUT2D eigenvalue weighted by molar-refractivity contribution is 5.20. The molecule has 0 saturated carbocycles. The van der Waals surface area contributed by atoms with E-state index in [9.17, 15) is 0 Å². The first-order valence-corrected chi connectivity index (χ1v) is 7.04. The van der Waals surface area contributed by atoms with Gasteiger partial charge in [-0.1, -0.05) is 57.5 Å². The number of hydrogen-bond acceptors (Lipinski definition) is 2. The summed E-state index contributed by atoms with van der Waals surface area (Å²) in [6.45, 7) is 7.50. The Bertz CT molecular complexity index is 310. The summed E-state index contributed by atoms with van der Waals surface area (Å²) < 4.78 is 6.09. The molecule has 2 nitrogen and oxygen atoms in total. The molecule has 2 heteroatoms. The Morgan fingerprint density at radius 3 is 2.33 bits per heavy atom. The maximum absolute atomic E-state index is 6.09. The van der Waals surface area contributed by atoms with Crippen molar-refractivity contribution in [3.63, 3.8) is 0 Å². The SMILES string of the molecule is CCCCOC(C(C)C)C(NC)c1ccccc1. The molecule has 0 fully saturated rings. The number of ether oxygens (including phenoxy) is 1. The van der Waals surface area contributed by atoms with Crippen molar-refractivity contribution in [2.75, 3.05) is 13.7 Å². The van der Waals surface area contributed by atoms with Gasteiger partial charge in [-0.05, 0) is 24.9 Å². The first kappa shape index (κ1) is 15.2. The summed E-state index contributed by atoms with van der Waals surface area (Å²) in [5.74, 6) is 0.500. The number of hydrogen-bond donors (Lipinski definition) is 1. The van der Waals surface area contributed by atoms with Crippen LogP contribution in [0.4, 0.5) is 0 Å². The Kier molecular flexibility index (Phi) is 6.99. The van der Waals surface area contributed by atoms with E-state index in [1.54, 1.807) is 0 Å². The molecule has 0 heterocycles. The van der Waals surface area contributed by atoms with Gasteiger partial charge in [0.25, 0.3) is 0 Å². The topological polar surface area (TPSA) is 21.3 Å². The number of unbranched alkanes of at least 4 members (excludes halogenated alkanes) is 1. The van der Waals surface area contributed by atoms with E-state index >= 15 is 0 Å². The van der Waals surface area contributed by atoms with Gasteiger partial charge in [0, 0.05) is 6.61 Å². The van der Waals surface area contributed by atoms with Crippen LogP contribution < -0.4 is 5.32 Å². The Labute approximate surface area is 112 Å². The summed E-state index contributed by atoms with van der Waals surface area (Å²) in [7, 11) is 2.01. The van der Waals surface area contributed by atoms with Crippen LogP contribution in [0.15, 0.2) is 30.3 Å². The second-order valence-electron chi connectivity index (χ2n) is 5.11. The number of nitrogens with one attached hydrogen (secondary N) is 1. The van der Waals surface area contributed by atoms with Crippen molar-refractivity contribution >= 4 is 0 Å². The van der Waals surface area contributed by atoms with Gasteiger partial charge >= 0.3 is 0 Å². The van der Waals surface area contributed by atoms with Crippen LogP contribution in [0, 0.1) is 5.92 Å². The highest BCUT2D eigenvalue weighted by Gasteiger charge is 2.25. The van der Waals surface area contributed by atoms with Crippen LogP contribution >= 0.6 is 0 Å². The third kappa shape index (κ3) is 4.43. The third-order valence-electron chi connectivity index (χ3n) is 3.26. The molecule has 0 radical (unpaired) electrons. The predicted octanol–water partition coefficient (Wildman–Crippen LogP) is 3.79. The van der Waals surface area contributed by atoms with Crippen LogP contribution in [0.5, 0.6) is 0 Å². The molecule has 1 aromatic carbocycles. The molecule has 0 aliphatic heterocycles. The van der Waals surface area contributed by atoms with Gasteiger partial charge in [-0.3, -0.25) is 0 Å². The maximum atomic E-state index is 6.09. The van der Waals surface area contributed by atoms with E-state index < -0.39 is 0 Å². The molecule has 1 rings (SSSR count). The summed E-state index contributed by atoms with van der Waals surface area (Å²) in [5, 5.41) is 3.40. The first-order chi connectivity index (χ1) is 8.70. The molecule has 0 amide bonds. The zero-order valence-electron chi connectivity index (χ0n) is 12.1. The smallest absolute Gasteiger partial charge is 0.0792 e. The van der Waals surface area contributed by atoms with Gasteiger partial charge in [0.1, 0.15) is 0 Å². The van der Waals surface area contributed by atoms with Gasteiger partial charge in [-0.15, -0.1) is 0 Å². The number of benzene rings is 1. The van der Waals surface area contributed by atoms with E-state index in [2.05, 4.69) is 56.4 Å². The lowest BCUT2D eigenvalue weighted by atomic mass is 9.93. The second kappa shape index (κ2) is 8.28. The van der Waals surface area contributed by atoms with E-state index in [0.717, 1.165) is 13.0 Å². The number of rotatable bonds is 8. The zero-order chi connectivity index (χ0) is 13.4. The van der Waals surface area contributed by atoms with Crippen LogP contribution in [-0.4, -0.2) is 19.8 Å². The van der Waals surface area contributed by atoms with Crippen molar-refractivity contribution in [2.45, 2.75) is 45.8 Å². The molecule has 0 spiro atoms. The fraction of sp³-hybridized carbons (Fsp3) is 0.625. The van der Waals surface area contributed by atoms with Crippen molar-refractivity contribution < 1.29 is 4.74 Å². The van der Waals surface area contributed by atoms with Crippen molar-refractivity contribution in [1.29, 1.82) is 0 Å². The Morgan fingerprint density at radius 1 is 1.17 bits per heavy atom. The normalized spacial score (nSPS) is 14.7. The molecule has 1 aromatic rings. The van der Waals surface area contributed by atoms with Gasteiger partial charge in [0.2, 0.25) is 0 Å². The Morgan fingerprint density at radius 2 is 1.83 bits per heavy atom. The van der Waals surface area contributed by atoms with Crippen LogP contribution in [0.25, 0.3) is 0 Å².